The van der Waals surface area contributed by atoms with Crippen molar-refractivity contribution in [2.75, 3.05) is 39.3 Å². The Labute approximate surface area is 159 Å². The van der Waals surface area contributed by atoms with Gasteiger partial charge in [-0.3, -0.25) is 19.4 Å². The maximum Gasteiger partial charge on any atom is 0.252 e. The first-order valence-corrected chi connectivity index (χ1v) is 9.60. The van der Waals surface area contributed by atoms with Crippen LogP contribution in [0, 0.1) is 11.8 Å². The van der Waals surface area contributed by atoms with E-state index in [2.05, 4.69) is 20.9 Å². The Morgan fingerprint density at radius 2 is 1.85 bits per heavy atom. The highest BCUT2D eigenvalue weighted by molar-refractivity contribution is 5.93. The van der Waals surface area contributed by atoms with E-state index in [1.54, 1.807) is 18.3 Å². The Kier molecular flexibility index (Phi) is 6.75. The van der Waals surface area contributed by atoms with Crippen LogP contribution in [0.25, 0.3) is 0 Å². The Balaban J connectivity index is 1.38. The molecule has 2 aliphatic heterocycles. The summed E-state index contributed by atoms with van der Waals surface area (Å²) >= 11 is 0. The third kappa shape index (κ3) is 5.26. The summed E-state index contributed by atoms with van der Waals surface area (Å²) in [4.78, 5) is 42.7. The molecule has 27 heavy (non-hydrogen) atoms. The largest absolute Gasteiger partial charge is 0.354 e. The smallest absolute Gasteiger partial charge is 0.252 e. The lowest BCUT2D eigenvalue weighted by molar-refractivity contribution is -0.136. The number of amides is 3. The number of nitrogens with one attached hydrogen (secondary N) is 3. The average molecular weight is 373 g/mol. The fourth-order valence-corrected chi connectivity index (χ4v) is 3.63. The highest BCUT2D eigenvalue weighted by atomic mass is 16.2. The van der Waals surface area contributed by atoms with Crippen LogP contribution in [-0.4, -0.2) is 66.9 Å². The average Bonchev–Trinajstić information content (AvgIpc) is 3.26. The van der Waals surface area contributed by atoms with E-state index in [0.717, 1.165) is 25.9 Å². The molecular weight excluding hydrogens is 346 g/mol. The number of aromatic nitrogens is 1. The SMILES string of the molecule is O=C(NCCNC(=O)[C@H]1CNC[C@H](C(=O)N2CCCC2)C1)c1cccnc1. The van der Waals surface area contributed by atoms with E-state index in [1.807, 2.05) is 4.90 Å². The summed E-state index contributed by atoms with van der Waals surface area (Å²) in [6.45, 7) is 3.59. The van der Waals surface area contributed by atoms with Crippen LogP contribution >= 0.6 is 0 Å². The number of hydrogen-bond acceptors (Lipinski definition) is 5. The van der Waals surface area contributed by atoms with Crippen molar-refractivity contribution in [3.8, 4) is 0 Å². The monoisotopic (exact) mass is 373 g/mol. The Morgan fingerprint density at radius 1 is 1.11 bits per heavy atom. The van der Waals surface area contributed by atoms with Crippen LogP contribution in [-0.2, 0) is 9.59 Å². The number of pyridine rings is 1. The number of carbonyl (C=O) groups is 3. The molecule has 2 fully saturated rings. The lowest BCUT2D eigenvalue weighted by atomic mass is 9.89. The van der Waals surface area contributed by atoms with Gasteiger partial charge in [-0.1, -0.05) is 0 Å². The second-order valence-electron chi connectivity index (χ2n) is 7.11. The molecule has 3 N–H and O–H groups in total. The van der Waals surface area contributed by atoms with Crippen molar-refractivity contribution in [2.24, 2.45) is 11.8 Å². The van der Waals surface area contributed by atoms with Crippen molar-refractivity contribution in [1.29, 1.82) is 0 Å². The minimum Gasteiger partial charge on any atom is -0.354 e. The number of nitrogens with zero attached hydrogens (tertiary/aromatic N) is 2. The van der Waals surface area contributed by atoms with E-state index in [1.165, 1.54) is 6.20 Å². The minimum absolute atomic E-state index is 0.0722. The number of carbonyl (C=O) groups excluding carboxylic acids is 3. The van der Waals surface area contributed by atoms with Gasteiger partial charge in [-0.05, 0) is 31.4 Å². The number of piperidine rings is 1. The zero-order valence-corrected chi connectivity index (χ0v) is 15.4. The molecule has 2 saturated heterocycles. The number of rotatable bonds is 6. The topological polar surface area (TPSA) is 103 Å². The Morgan fingerprint density at radius 3 is 2.59 bits per heavy atom. The van der Waals surface area contributed by atoms with Crippen LogP contribution in [0.5, 0.6) is 0 Å². The van der Waals surface area contributed by atoms with Crippen molar-refractivity contribution in [3.05, 3.63) is 30.1 Å². The first-order valence-electron chi connectivity index (χ1n) is 9.60. The first kappa shape index (κ1) is 19.3. The van der Waals surface area contributed by atoms with Crippen LogP contribution in [0.4, 0.5) is 0 Å². The lowest BCUT2D eigenvalue weighted by Gasteiger charge is -2.31. The maximum absolute atomic E-state index is 12.5. The lowest BCUT2D eigenvalue weighted by Crippen LogP contribution is -2.49. The van der Waals surface area contributed by atoms with Gasteiger partial charge in [0.25, 0.3) is 5.91 Å². The summed E-state index contributed by atoms with van der Waals surface area (Å²) in [5.74, 6) is -0.464. The van der Waals surface area contributed by atoms with Gasteiger partial charge in [-0.2, -0.15) is 0 Å². The molecule has 1 aromatic heterocycles. The molecule has 3 heterocycles. The van der Waals surface area contributed by atoms with Gasteiger partial charge in [0.05, 0.1) is 17.4 Å². The summed E-state index contributed by atoms with van der Waals surface area (Å²) in [6, 6.07) is 3.39. The fourth-order valence-electron chi connectivity index (χ4n) is 3.63. The molecule has 146 valence electrons. The molecule has 8 heteroatoms. The molecule has 2 aliphatic rings. The van der Waals surface area contributed by atoms with E-state index in [4.69, 9.17) is 0 Å². The molecule has 0 bridgehead atoms. The van der Waals surface area contributed by atoms with E-state index in [0.29, 0.717) is 38.2 Å². The van der Waals surface area contributed by atoms with Crippen LogP contribution < -0.4 is 16.0 Å². The van der Waals surface area contributed by atoms with Crippen LogP contribution in [0.2, 0.25) is 0 Å². The van der Waals surface area contributed by atoms with Gasteiger partial charge in [-0.15, -0.1) is 0 Å². The molecule has 0 saturated carbocycles. The summed E-state index contributed by atoms with van der Waals surface area (Å²) < 4.78 is 0. The highest BCUT2D eigenvalue weighted by Gasteiger charge is 2.33. The molecule has 3 rings (SSSR count). The number of likely N-dealkylation sites (tertiary alicyclic amines) is 1. The van der Waals surface area contributed by atoms with Crippen molar-refractivity contribution in [2.45, 2.75) is 19.3 Å². The highest BCUT2D eigenvalue weighted by Crippen LogP contribution is 2.21. The summed E-state index contributed by atoms with van der Waals surface area (Å²) in [5, 5.41) is 8.82. The molecule has 2 atom stereocenters. The van der Waals surface area contributed by atoms with Gasteiger partial charge in [0, 0.05) is 51.7 Å². The molecular formula is C19H27N5O3. The first-order chi connectivity index (χ1) is 13.1. The van der Waals surface area contributed by atoms with E-state index < -0.39 is 0 Å². The van der Waals surface area contributed by atoms with Crippen molar-refractivity contribution < 1.29 is 14.4 Å². The molecule has 0 spiro atoms. The molecule has 0 radical (unpaired) electrons. The quantitative estimate of drug-likeness (QED) is 0.598. The van der Waals surface area contributed by atoms with Gasteiger partial charge in [0.2, 0.25) is 11.8 Å². The van der Waals surface area contributed by atoms with Crippen molar-refractivity contribution in [3.63, 3.8) is 0 Å². The third-order valence-corrected chi connectivity index (χ3v) is 5.12. The van der Waals surface area contributed by atoms with Gasteiger partial charge >= 0.3 is 0 Å². The van der Waals surface area contributed by atoms with E-state index >= 15 is 0 Å². The summed E-state index contributed by atoms with van der Waals surface area (Å²) in [6.07, 6.45) is 5.83. The summed E-state index contributed by atoms with van der Waals surface area (Å²) in [7, 11) is 0. The van der Waals surface area contributed by atoms with Gasteiger partial charge in [0.1, 0.15) is 0 Å². The second-order valence-corrected chi connectivity index (χ2v) is 7.11. The van der Waals surface area contributed by atoms with Crippen LogP contribution in [0.3, 0.4) is 0 Å². The maximum atomic E-state index is 12.5. The van der Waals surface area contributed by atoms with Gasteiger partial charge < -0.3 is 20.9 Å². The molecule has 8 nitrogen and oxygen atoms in total. The zero-order valence-electron chi connectivity index (χ0n) is 15.4. The van der Waals surface area contributed by atoms with Crippen molar-refractivity contribution in [1.82, 2.24) is 25.8 Å². The molecule has 0 aliphatic carbocycles. The molecule has 0 unspecified atom stereocenters. The van der Waals surface area contributed by atoms with Gasteiger partial charge in [-0.25, -0.2) is 0 Å². The second kappa shape index (κ2) is 9.45. The van der Waals surface area contributed by atoms with Crippen molar-refractivity contribution >= 4 is 17.7 Å². The standard InChI is InChI=1S/C19H27N5O3/c25-17(14-4-3-5-20-11-14)22-6-7-23-18(26)15-10-16(13-21-12-15)19(27)24-8-1-2-9-24/h3-5,11,15-16,21H,1-2,6-10,12-13H2,(H,22,25)(H,23,26)/t15-,16-/m1/s1. The van der Waals surface area contributed by atoms with Crippen LogP contribution in [0.1, 0.15) is 29.6 Å². The Hall–Kier alpha value is -2.48. The normalized spacial score (nSPS) is 22.3. The molecule has 0 aromatic carbocycles. The Bertz CT molecular complexity index is 661. The minimum atomic E-state index is -0.218. The summed E-state index contributed by atoms with van der Waals surface area (Å²) in [5.41, 5.74) is 0.489. The fraction of sp³-hybridized carbons (Fsp3) is 0.579. The van der Waals surface area contributed by atoms with E-state index in [-0.39, 0.29) is 29.6 Å². The molecule has 3 amide bonds. The van der Waals surface area contributed by atoms with Gasteiger partial charge in [0.15, 0.2) is 0 Å². The zero-order chi connectivity index (χ0) is 19.1. The molecule has 1 aromatic rings. The third-order valence-electron chi connectivity index (χ3n) is 5.12. The number of hydrogen-bond donors (Lipinski definition) is 3. The van der Waals surface area contributed by atoms with Crippen LogP contribution in [0.15, 0.2) is 24.5 Å². The predicted octanol–water partition coefficient (Wildman–Crippen LogP) is -0.224. The van der Waals surface area contributed by atoms with E-state index in [9.17, 15) is 14.4 Å². The predicted molar refractivity (Wildman–Crippen MR) is 99.9 cm³/mol.